The van der Waals surface area contributed by atoms with E-state index in [0.29, 0.717) is 37.7 Å². The zero-order chi connectivity index (χ0) is 19.2. The maximum absolute atomic E-state index is 13.0. The minimum atomic E-state index is -0.352. The molecule has 0 aromatic heterocycles. The zero-order valence-electron chi connectivity index (χ0n) is 15.3. The van der Waals surface area contributed by atoms with Crippen molar-refractivity contribution in [1.82, 2.24) is 0 Å². The number of esters is 2. The summed E-state index contributed by atoms with van der Waals surface area (Å²) in [5.74, 6) is -0.815. The summed E-state index contributed by atoms with van der Waals surface area (Å²) >= 11 is 0. The van der Waals surface area contributed by atoms with Crippen LogP contribution in [0.25, 0.3) is 11.1 Å². The maximum atomic E-state index is 13.0. The molecule has 0 aliphatic heterocycles. The Morgan fingerprint density at radius 1 is 0.852 bits per heavy atom. The molecule has 2 aromatic carbocycles. The average Bonchev–Trinajstić information content (AvgIpc) is 2.70. The number of hydrogen-bond acceptors (Lipinski definition) is 4. The van der Waals surface area contributed by atoms with Crippen LogP contribution in [0.2, 0.25) is 0 Å². The van der Waals surface area contributed by atoms with E-state index in [1.54, 1.807) is 31.2 Å². The Bertz CT molecular complexity index is 775. The van der Waals surface area contributed by atoms with E-state index < -0.39 is 0 Å². The molecule has 0 atom stereocenters. The highest BCUT2D eigenvalue weighted by Crippen LogP contribution is 2.25. The molecule has 4 nitrogen and oxygen atoms in total. The molecule has 3 rings (SSSR count). The van der Waals surface area contributed by atoms with Gasteiger partial charge < -0.3 is 9.47 Å². The van der Waals surface area contributed by atoms with E-state index in [4.69, 9.17) is 9.47 Å². The first-order valence-electron chi connectivity index (χ1n) is 9.31. The third-order valence-corrected chi connectivity index (χ3v) is 4.78. The van der Waals surface area contributed by atoms with Gasteiger partial charge in [-0.15, -0.1) is 0 Å². The van der Waals surface area contributed by atoms with Gasteiger partial charge in [-0.05, 0) is 61.1 Å². The summed E-state index contributed by atoms with van der Waals surface area (Å²) in [6.07, 6.45) is 2.99. The summed E-state index contributed by atoms with van der Waals surface area (Å²) in [5.41, 5.74) is 2.28. The van der Waals surface area contributed by atoms with E-state index in [2.05, 4.69) is 0 Å². The number of carbonyl (C=O) groups excluding carboxylic acids is 2. The molecule has 0 amide bonds. The molecule has 1 fully saturated rings. The molecule has 0 N–H and O–H groups in total. The van der Waals surface area contributed by atoms with Gasteiger partial charge in [0.05, 0.1) is 5.56 Å². The first-order chi connectivity index (χ1) is 13.0. The molecule has 1 aliphatic rings. The van der Waals surface area contributed by atoms with Gasteiger partial charge in [0.15, 0.2) is 0 Å². The first kappa shape index (κ1) is 19.1. The normalized spacial score (nSPS) is 19.3. The Kier molecular flexibility index (Phi) is 6.22. The fraction of sp³-hybridized carbons (Fsp3) is 0.364. The lowest BCUT2D eigenvalue weighted by Crippen LogP contribution is -2.29. The SMILES string of the molecule is CCC(=O)OC1CCC(OC(=O)c2ccc(-c3ccc(F)cc3)cc2)CC1. The monoisotopic (exact) mass is 370 g/mol. The predicted molar refractivity (Wildman–Crippen MR) is 99.7 cm³/mol. The van der Waals surface area contributed by atoms with Gasteiger partial charge in [0.2, 0.25) is 0 Å². The smallest absolute Gasteiger partial charge is 0.338 e. The number of ether oxygens (including phenoxy) is 2. The van der Waals surface area contributed by atoms with Crippen molar-refractivity contribution in [2.45, 2.75) is 51.2 Å². The second-order valence-electron chi connectivity index (χ2n) is 6.73. The fourth-order valence-electron chi connectivity index (χ4n) is 3.20. The number of benzene rings is 2. The molecule has 0 bridgehead atoms. The molecule has 0 spiro atoms. The lowest BCUT2D eigenvalue weighted by Gasteiger charge is -2.28. The summed E-state index contributed by atoms with van der Waals surface area (Å²) in [5, 5.41) is 0. The summed E-state index contributed by atoms with van der Waals surface area (Å²) < 4.78 is 23.9. The molecule has 27 heavy (non-hydrogen) atoms. The number of hydrogen-bond donors (Lipinski definition) is 0. The van der Waals surface area contributed by atoms with Gasteiger partial charge in [0.1, 0.15) is 18.0 Å². The molecule has 2 aromatic rings. The van der Waals surface area contributed by atoms with Crippen molar-refractivity contribution in [1.29, 1.82) is 0 Å². The molecule has 0 unspecified atom stereocenters. The minimum Gasteiger partial charge on any atom is -0.462 e. The summed E-state index contributed by atoms with van der Waals surface area (Å²) in [6, 6.07) is 13.3. The first-order valence-corrected chi connectivity index (χ1v) is 9.31. The zero-order valence-corrected chi connectivity index (χ0v) is 15.3. The molecular formula is C22H23FO4. The Hall–Kier alpha value is -2.69. The van der Waals surface area contributed by atoms with Crippen molar-refractivity contribution in [3.05, 3.63) is 59.9 Å². The van der Waals surface area contributed by atoms with Crippen LogP contribution in [0.5, 0.6) is 0 Å². The van der Waals surface area contributed by atoms with Crippen molar-refractivity contribution in [2.24, 2.45) is 0 Å². The second kappa shape index (κ2) is 8.80. The van der Waals surface area contributed by atoms with Gasteiger partial charge in [0.25, 0.3) is 0 Å². The van der Waals surface area contributed by atoms with Gasteiger partial charge in [-0.3, -0.25) is 4.79 Å². The van der Waals surface area contributed by atoms with Crippen LogP contribution < -0.4 is 0 Å². The Labute approximate surface area is 158 Å². The Balaban J connectivity index is 1.53. The Morgan fingerprint density at radius 2 is 1.33 bits per heavy atom. The summed E-state index contributed by atoms with van der Waals surface area (Å²) in [4.78, 5) is 23.7. The topological polar surface area (TPSA) is 52.6 Å². The lowest BCUT2D eigenvalue weighted by molar-refractivity contribution is -0.151. The predicted octanol–water partition coefficient (Wildman–Crippen LogP) is 4.91. The third kappa shape index (κ3) is 5.16. The molecule has 0 heterocycles. The van der Waals surface area contributed by atoms with Crippen molar-refractivity contribution in [2.75, 3.05) is 0 Å². The van der Waals surface area contributed by atoms with Crippen LogP contribution in [0.3, 0.4) is 0 Å². The van der Waals surface area contributed by atoms with E-state index >= 15 is 0 Å². The highest BCUT2D eigenvalue weighted by Gasteiger charge is 2.26. The minimum absolute atomic E-state index is 0.0672. The van der Waals surface area contributed by atoms with Crippen molar-refractivity contribution >= 4 is 11.9 Å². The molecule has 0 radical (unpaired) electrons. The molecular weight excluding hydrogens is 347 g/mol. The van der Waals surface area contributed by atoms with Crippen LogP contribution >= 0.6 is 0 Å². The molecule has 142 valence electrons. The van der Waals surface area contributed by atoms with Crippen molar-refractivity contribution < 1.29 is 23.5 Å². The van der Waals surface area contributed by atoms with Crippen LogP contribution in [0.4, 0.5) is 4.39 Å². The number of carbonyl (C=O) groups is 2. The standard InChI is InChI=1S/C22H23FO4/c1-2-21(24)26-19-11-13-20(14-12-19)27-22(25)17-5-3-15(4-6-17)16-7-9-18(23)10-8-16/h3-10,19-20H,2,11-14H2,1H3. The highest BCUT2D eigenvalue weighted by molar-refractivity contribution is 5.90. The highest BCUT2D eigenvalue weighted by atomic mass is 19.1. The summed E-state index contributed by atoms with van der Waals surface area (Å²) in [7, 11) is 0. The Morgan fingerprint density at radius 3 is 1.85 bits per heavy atom. The lowest BCUT2D eigenvalue weighted by atomic mass is 9.95. The molecule has 5 heteroatoms. The number of rotatable bonds is 5. The maximum Gasteiger partial charge on any atom is 0.338 e. The van der Waals surface area contributed by atoms with Gasteiger partial charge in [-0.25, -0.2) is 9.18 Å². The van der Waals surface area contributed by atoms with Gasteiger partial charge in [0, 0.05) is 6.42 Å². The van der Waals surface area contributed by atoms with Crippen molar-refractivity contribution in [3.63, 3.8) is 0 Å². The number of halogens is 1. The van der Waals surface area contributed by atoms with E-state index in [1.807, 2.05) is 12.1 Å². The van der Waals surface area contributed by atoms with Gasteiger partial charge in [-0.2, -0.15) is 0 Å². The van der Waals surface area contributed by atoms with E-state index in [9.17, 15) is 14.0 Å². The largest absolute Gasteiger partial charge is 0.462 e. The molecule has 1 saturated carbocycles. The fourth-order valence-corrected chi connectivity index (χ4v) is 3.20. The third-order valence-electron chi connectivity index (χ3n) is 4.78. The van der Waals surface area contributed by atoms with E-state index in [0.717, 1.165) is 11.1 Å². The average molecular weight is 370 g/mol. The van der Waals surface area contributed by atoms with Crippen LogP contribution in [0.1, 0.15) is 49.4 Å². The molecule has 1 aliphatic carbocycles. The van der Waals surface area contributed by atoms with E-state index in [-0.39, 0.29) is 30.0 Å². The van der Waals surface area contributed by atoms with Gasteiger partial charge in [-0.1, -0.05) is 31.2 Å². The van der Waals surface area contributed by atoms with Crippen LogP contribution in [-0.2, 0) is 14.3 Å². The molecule has 0 saturated heterocycles. The van der Waals surface area contributed by atoms with Crippen LogP contribution in [0.15, 0.2) is 48.5 Å². The summed E-state index contributed by atoms with van der Waals surface area (Å²) in [6.45, 7) is 1.77. The quantitative estimate of drug-likeness (QED) is 0.702. The van der Waals surface area contributed by atoms with Gasteiger partial charge >= 0.3 is 11.9 Å². The van der Waals surface area contributed by atoms with E-state index in [1.165, 1.54) is 12.1 Å². The van der Waals surface area contributed by atoms with Crippen molar-refractivity contribution in [3.8, 4) is 11.1 Å². The second-order valence-corrected chi connectivity index (χ2v) is 6.73. The van der Waals surface area contributed by atoms with Crippen LogP contribution in [0, 0.1) is 5.82 Å². The van der Waals surface area contributed by atoms with Crippen LogP contribution in [-0.4, -0.2) is 24.1 Å².